The quantitative estimate of drug-likeness (QED) is 0.863. The van der Waals surface area contributed by atoms with Crippen molar-refractivity contribution < 1.29 is 23.7 Å². The number of anilines is 2. The van der Waals surface area contributed by atoms with Crippen molar-refractivity contribution in [1.82, 2.24) is 0 Å². The van der Waals surface area contributed by atoms with E-state index in [1.54, 1.807) is 30.3 Å². The van der Waals surface area contributed by atoms with Gasteiger partial charge in [0.15, 0.2) is 11.5 Å². The number of rotatable bonds is 4. The number of nitrogens with one attached hydrogen (secondary N) is 2. The second-order valence-electron chi connectivity index (χ2n) is 5.12. The number of urea groups is 1. The molecule has 0 fully saturated rings. The second-order valence-corrected chi connectivity index (χ2v) is 5.53. The largest absolute Gasteiger partial charge is 0.495 e. The Kier molecular flexibility index (Phi) is 5.04. The van der Waals surface area contributed by atoms with Gasteiger partial charge in [0.1, 0.15) is 24.7 Å². The van der Waals surface area contributed by atoms with Gasteiger partial charge in [0.2, 0.25) is 0 Å². The van der Waals surface area contributed by atoms with E-state index >= 15 is 0 Å². The minimum Gasteiger partial charge on any atom is -0.495 e. The van der Waals surface area contributed by atoms with Crippen molar-refractivity contribution in [3.8, 4) is 23.0 Å². The van der Waals surface area contributed by atoms with Gasteiger partial charge in [-0.05, 0) is 18.2 Å². The molecule has 1 heterocycles. The Balaban J connectivity index is 1.73. The molecule has 0 aliphatic carbocycles. The van der Waals surface area contributed by atoms with Crippen LogP contribution >= 0.6 is 11.6 Å². The Morgan fingerprint density at radius 3 is 2.44 bits per heavy atom. The molecule has 0 aromatic heterocycles. The van der Waals surface area contributed by atoms with Crippen molar-refractivity contribution in [2.24, 2.45) is 0 Å². The van der Waals surface area contributed by atoms with Gasteiger partial charge in [-0.25, -0.2) is 4.79 Å². The third-order valence-electron chi connectivity index (χ3n) is 3.52. The highest BCUT2D eigenvalue weighted by molar-refractivity contribution is 6.32. The first-order valence-electron chi connectivity index (χ1n) is 7.50. The van der Waals surface area contributed by atoms with E-state index in [0.717, 1.165) is 0 Å². The van der Waals surface area contributed by atoms with Crippen LogP contribution in [0.4, 0.5) is 16.2 Å². The fourth-order valence-corrected chi connectivity index (χ4v) is 2.60. The van der Waals surface area contributed by atoms with Crippen LogP contribution in [0.25, 0.3) is 0 Å². The standard InChI is InChI=1S/C17H17ClN2O5/c1-22-14-9-15(23-2)12(8-11(14)18)20-17(21)19-10-3-4-13-16(7-10)25-6-5-24-13/h3-4,7-9H,5-6H2,1-2H3,(H2,19,20,21). The zero-order valence-corrected chi connectivity index (χ0v) is 14.5. The van der Waals surface area contributed by atoms with Crippen molar-refractivity contribution in [2.45, 2.75) is 0 Å². The molecule has 2 aromatic rings. The lowest BCUT2D eigenvalue weighted by Crippen LogP contribution is -2.20. The fraction of sp³-hybridized carbons (Fsp3) is 0.235. The summed E-state index contributed by atoms with van der Waals surface area (Å²) in [5.41, 5.74) is 0.990. The number of halogens is 1. The molecule has 2 amide bonds. The van der Waals surface area contributed by atoms with Crippen LogP contribution in [0.2, 0.25) is 5.02 Å². The summed E-state index contributed by atoms with van der Waals surface area (Å²) in [6.45, 7) is 0.989. The molecule has 1 aliphatic rings. The minimum absolute atomic E-state index is 0.359. The molecule has 8 heteroatoms. The zero-order chi connectivity index (χ0) is 17.8. The Bertz CT molecular complexity index is 797. The maximum Gasteiger partial charge on any atom is 0.323 e. The molecule has 2 aromatic carbocycles. The number of methoxy groups -OCH3 is 2. The molecule has 0 bridgehead atoms. The highest BCUT2D eigenvalue weighted by atomic mass is 35.5. The highest BCUT2D eigenvalue weighted by Gasteiger charge is 2.15. The summed E-state index contributed by atoms with van der Waals surface area (Å²) < 4.78 is 21.3. The third kappa shape index (κ3) is 3.83. The summed E-state index contributed by atoms with van der Waals surface area (Å²) in [5.74, 6) is 2.13. The molecule has 1 aliphatic heterocycles. The average Bonchev–Trinajstić information content (AvgIpc) is 2.62. The molecule has 0 saturated heterocycles. The van der Waals surface area contributed by atoms with Gasteiger partial charge in [-0.15, -0.1) is 0 Å². The molecule has 0 saturated carbocycles. The Morgan fingerprint density at radius 2 is 1.72 bits per heavy atom. The van der Waals surface area contributed by atoms with Crippen molar-refractivity contribution in [1.29, 1.82) is 0 Å². The van der Waals surface area contributed by atoms with E-state index in [1.165, 1.54) is 14.2 Å². The monoisotopic (exact) mass is 364 g/mol. The number of carbonyl (C=O) groups is 1. The fourth-order valence-electron chi connectivity index (χ4n) is 2.36. The van der Waals surface area contributed by atoms with Gasteiger partial charge < -0.3 is 29.6 Å². The third-order valence-corrected chi connectivity index (χ3v) is 3.82. The highest BCUT2D eigenvalue weighted by Crippen LogP contribution is 2.36. The summed E-state index contributed by atoms with van der Waals surface area (Å²) in [7, 11) is 2.99. The first-order valence-corrected chi connectivity index (χ1v) is 7.87. The maximum atomic E-state index is 12.3. The van der Waals surface area contributed by atoms with Crippen LogP contribution in [0.3, 0.4) is 0 Å². The van der Waals surface area contributed by atoms with Crippen LogP contribution < -0.4 is 29.6 Å². The van der Waals surface area contributed by atoms with E-state index in [1.807, 2.05) is 0 Å². The number of carbonyl (C=O) groups excluding carboxylic acids is 1. The van der Waals surface area contributed by atoms with E-state index in [9.17, 15) is 4.79 Å². The molecular weight excluding hydrogens is 348 g/mol. The molecule has 132 valence electrons. The number of benzene rings is 2. The molecule has 2 N–H and O–H groups in total. The maximum absolute atomic E-state index is 12.3. The number of fused-ring (bicyclic) bond motifs is 1. The van der Waals surface area contributed by atoms with Crippen LogP contribution in [0.5, 0.6) is 23.0 Å². The lowest BCUT2D eigenvalue weighted by molar-refractivity contribution is 0.171. The van der Waals surface area contributed by atoms with Gasteiger partial charge in [-0.2, -0.15) is 0 Å². The summed E-state index contributed by atoms with van der Waals surface area (Å²) >= 11 is 6.10. The normalized spacial score (nSPS) is 12.3. The SMILES string of the molecule is COc1cc(OC)c(NC(=O)Nc2ccc3c(c2)OCCO3)cc1Cl. The molecule has 3 rings (SSSR count). The second kappa shape index (κ2) is 7.40. The molecule has 0 radical (unpaired) electrons. The van der Waals surface area contributed by atoms with Crippen molar-refractivity contribution in [3.63, 3.8) is 0 Å². The predicted molar refractivity (Wildman–Crippen MR) is 94.6 cm³/mol. The van der Waals surface area contributed by atoms with Crippen molar-refractivity contribution >= 4 is 29.0 Å². The summed E-state index contributed by atoms with van der Waals surface area (Å²) in [4.78, 5) is 12.3. The van der Waals surface area contributed by atoms with E-state index in [2.05, 4.69) is 10.6 Å². The van der Waals surface area contributed by atoms with E-state index in [-0.39, 0.29) is 0 Å². The van der Waals surface area contributed by atoms with Gasteiger partial charge in [-0.3, -0.25) is 0 Å². The van der Waals surface area contributed by atoms with Crippen LogP contribution in [0, 0.1) is 0 Å². The van der Waals surface area contributed by atoms with E-state index < -0.39 is 6.03 Å². The number of ether oxygens (including phenoxy) is 4. The van der Waals surface area contributed by atoms with Gasteiger partial charge in [0.05, 0.1) is 24.9 Å². The number of amides is 2. The molecule has 25 heavy (non-hydrogen) atoms. The topological polar surface area (TPSA) is 78.1 Å². The van der Waals surface area contributed by atoms with Gasteiger partial charge in [-0.1, -0.05) is 11.6 Å². The van der Waals surface area contributed by atoms with Gasteiger partial charge in [0, 0.05) is 17.8 Å². The van der Waals surface area contributed by atoms with Crippen molar-refractivity contribution in [2.75, 3.05) is 38.1 Å². The van der Waals surface area contributed by atoms with Crippen LogP contribution in [0.15, 0.2) is 30.3 Å². The van der Waals surface area contributed by atoms with Crippen LogP contribution in [-0.4, -0.2) is 33.5 Å². The lowest BCUT2D eigenvalue weighted by atomic mass is 10.2. The predicted octanol–water partition coefficient (Wildman–Crippen LogP) is 3.77. The number of hydrogen-bond acceptors (Lipinski definition) is 5. The Morgan fingerprint density at radius 1 is 1.00 bits per heavy atom. The van der Waals surface area contributed by atoms with E-state index in [0.29, 0.717) is 52.6 Å². The van der Waals surface area contributed by atoms with Gasteiger partial charge in [0.25, 0.3) is 0 Å². The zero-order valence-electron chi connectivity index (χ0n) is 13.7. The first kappa shape index (κ1) is 17.0. The summed E-state index contributed by atoms with van der Waals surface area (Å²) in [6, 6.07) is 7.88. The molecule has 0 atom stereocenters. The van der Waals surface area contributed by atoms with Crippen LogP contribution in [-0.2, 0) is 0 Å². The molecule has 0 unspecified atom stereocenters. The Labute approximate surface area is 149 Å². The van der Waals surface area contributed by atoms with Crippen LogP contribution in [0.1, 0.15) is 0 Å². The van der Waals surface area contributed by atoms with Gasteiger partial charge >= 0.3 is 6.03 Å². The smallest absolute Gasteiger partial charge is 0.323 e. The molecule has 7 nitrogen and oxygen atoms in total. The Hall–Kier alpha value is -2.80. The average molecular weight is 365 g/mol. The van der Waals surface area contributed by atoms with E-state index in [4.69, 9.17) is 30.5 Å². The molecular formula is C17H17ClN2O5. The summed E-state index contributed by atoms with van der Waals surface area (Å²) in [6.07, 6.45) is 0. The molecule has 0 spiro atoms. The number of hydrogen-bond donors (Lipinski definition) is 2. The summed E-state index contributed by atoms with van der Waals surface area (Å²) in [5, 5.41) is 5.78. The minimum atomic E-state index is -0.448. The lowest BCUT2D eigenvalue weighted by Gasteiger charge is -2.19. The van der Waals surface area contributed by atoms with Crippen molar-refractivity contribution in [3.05, 3.63) is 35.4 Å². The first-order chi connectivity index (χ1) is 12.1.